The fourth-order valence-corrected chi connectivity index (χ4v) is 5.02. The van der Waals surface area contributed by atoms with E-state index in [1.807, 2.05) is 32.0 Å². The van der Waals surface area contributed by atoms with Gasteiger partial charge in [-0.2, -0.15) is 0 Å². The van der Waals surface area contributed by atoms with Gasteiger partial charge in [0.25, 0.3) is 5.91 Å². The van der Waals surface area contributed by atoms with Gasteiger partial charge in [-0.25, -0.2) is 4.79 Å². The lowest BCUT2D eigenvalue weighted by Gasteiger charge is -2.30. The van der Waals surface area contributed by atoms with Crippen LogP contribution in [-0.2, 0) is 27.2 Å². The Kier molecular flexibility index (Phi) is 8.54. The second kappa shape index (κ2) is 12.0. The molecular formula is C31H34N2O6. The number of aromatic hydroxyl groups is 1. The summed E-state index contributed by atoms with van der Waals surface area (Å²) >= 11 is 0. The molecule has 4 N–H and O–H groups in total. The van der Waals surface area contributed by atoms with E-state index in [2.05, 4.69) is 10.6 Å². The number of anilines is 1. The highest BCUT2D eigenvalue weighted by atomic mass is 16.5. The maximum absolute atomic E-state index is 13.4. The summed E-state index contributed by atoms with van der Waals surface area (Å²) in [6, 6.07) is 18.0. The Morgan fingerprint density at radius 2 is 1.49 bits per heavy atom. The summed E-state index contributed by atoms with van der Waals surface area (Å²) in [6.07, 6.45) is 2.81. The minimum atomic E-state index is -1.16. The quantitative estimate of drug-likeness (QED) is 0.301. The average Bonchev–Trinajstić information content (AvgIpc) is 3.35. The molecule has 0 bridgehead atoms. The molecule has 1 atom stereocenters. The molecule has 0 saturated heterocycles. The standard InChI is InChI=1S/C31H34N2O6/c1-20-15-21(2)17-24(16-20)32-28(35)19-23-7-11-26(12-8-23)39-31(13-3-4-14-31)30(38)33-27(29(36)37)18-22-5-9-25(34)10-6-22/h5-12,15-17,27,34H,3-4,13-14,18-19H2,1-2H3,(H,32,35)(H,33,38)(H,36,37)/t27-/m0/s1. The van der Waals surface area contributed by atoms with Crippen molar-refractivity contribution in [2.24, 2.45) is 0 Å². The molecule has 0 spiro atoms. The largest absolute Gasteiger partial charge is 0.508 e. The first-order chi connectivity index (χ1) is 18.6. The number of phenolic OH excluding ortho intramolecular Hbond substituents is 1. The van der Waals surface area contributed by atoms with E-state index < -0.39 is 23.5 Å². The molecule has 1 aliphatic carbocycles. The molecule has 4 rings (SSSR count). The number of nitrogens with one attached hydrogen (secondary N) is 2. The third-order valence-electron chi connectivity index (χ3n) is 6.91. The van der Waals surface area contributed by atoms with Gasteiger partial charge in [-0.1, -0.05) is 30.3 Å². The Balaban J connectivity index is 1.39. The summed E-state index contributed by atoms with van der Waals surface area (Å²) in [5, 5.41) is 24.8. The van der Waals surface area contributed by atoms with E-state index in [-0.39, 0.29) is 24.5 Å². The zero-order valence-corrected chi connectivity index (χ0v) is 22.2. The van der Waals surface area contributed by atoms with Crippen LogP contribution in [0.1, 0.15) is 47.9 Å². The Morgan fingerprint density at radius 1 is 0.897 bits per heavy atom. The molecule has 0 unspecified atom stereocenters. The van der Waals surface area contributed by atoms with Gasteiger partial charge in [-0.3, -0.25) is 9.59 Å². The lowest BCUT2D eigenvalue weighted by molar-refractivity contribution is -0.145. The van der Waals surface area contributed by atoms with Gasteiger partial charge in [-0.15, -0.1) is 0 Å². The molecule has 1 saturated carbocycles. The molecule has 2 amide bonds. The minimum Gasteiger partial charge on any atom is -0.508 e. The summed E-state index contributed by atoms with van der Waals surface area (Å²) in [4.78, 5) is 37.9. The van der Waals surface area contributed by atoms with Crippen LogP contribution in [0.25, 0.3) is 0 Å². The smallest absolute Gasteiger partial charge is 0.326 e. The van der Waals surface area contributed by atoms with Crippen LogP contribution in [-0.4, -0.2) is 39.6 Å². The third-order valence-corrected chi connectivity index (χ3v) is 6.91. The Hall–Kier alpha value is -4.33. The summed E-state index contributed by atoms with van der Waals surface area (Å²) in [5.74, 6) is -1.17. The Labute approximate surface area is 228 Å². The number of rotatable bonds is 10. The lowest BCUT2D eigenvalue weighted by Crippen LogP contribution is -2.54. The number of hydrogen-bond acceptors (Lipinski definition) is 5. The van der Waals surface area contributed by atoms with Gasteiger partial charge in [0.1, 0.15) is 17.5 Å². The fraction of sp³-hybridized carbons (Fsp3) is 0.323. The minimum absolute atomic E-state index is 0.0797. The molecule has 3 aromatic rings. The number of aryl methyl sites for hydroxylation is 2. The van der Waals surface area contributed by atoms with Gasteiger partial charge in [0.2, 0.25) is 5.91 Å². The summed E-state index contributed by atoms with van der Waals surface area (Å²) in [7, 11) is 0. The molecule has 0 aliphatic heterocycles. The number of carboxylic acid groups (broad SMARTS) is 1. The van der Waals surface area contributed by atoms with Gasteiger partial charge >= 0.3 is 5.97 Å². The highest BCUT2D eigenvalue weighted by molar-refractivity contribution is 5.92. The number of phenols is 1. The highest BCUT2D eigenvalue weighted by Crippen LogP contribution is 2.35. The Bertz CT molecular complexity index is 1310. The van der Waals surface area contributed by atoms with Crippen LogP contribution in [0.5, 0.6) is 11.5 Å². The van der Waals surface area contributed by atoms with Crippen molar-refractivity contribution in [2.45, 2.75) is 64.0 Å². The molecule has 204 valence electrons. The van der Waals surface area contributed by atoms with E-state index in [0.717, 1.165) is 35.2 Å². The van der Waals surface area contributed by atoms with Crippen LogP contribution >= 0.6 is 0 Å². The average molecular weight is 531 g/mol. The van der Waals surface area contributed by atoms with E-state index in [1.54, 1.807) is 36.4 Å². The summed E-state index contributed by atoms with van der Waals surface area (Å²) in [6.45, 7) is 3.96. The van der Waals surface area contributed by atoms with Crippen LogP contribution in [0, 0.1) is 13.8 Å². The number of hydrogen-bond donors (Lipinski definition) is 4. The highest BCUT2D eigenvalue weighted by Gasteiger charge is 2.45. The monoisotopic (exact) mass is 530 g/mol. The topological polar surface area (TPSA) is 125 Å². The van der Waals surface area contributed by atoms with Crippen molar-refractivity contribution >= 4 is 23.5 Å². The molecule has 0 aromatic heterocycles. The van der Waals surface area contributed by atoms with E-state index in [9.17, 15) is 24.6 Å². The van der Waals surface area contributed by atoms with Crippen molar-refractivity contribution in [3.8, 4) is 11.5 Å². The molecule has 8 nitrogen and oxygen atoms in total. The molecular weight excluding hydrogens is 496 g/mol. The zero-order valence-electron chi connectivity index (χ0n) is 22.2. The number of benzene rings is 3. The molecule has 3 aromatic carbocycles. The Morgan fingerprint density at radius 3 is 2.08 bits per heavy atom. The van der Waals surface area contributed by atoms with Crippen molar-refractivity contribution in [1.82, 2.24) is 5.32 Å². The molecule has 0 heterocycles. The van der Waals surface area contributed by atoms with Crippen molar-refractivity contribution in [3.05, 3.63) is 89.0 Å². The molecule has 1 aliphatic rings. The van der Waals surface area contributed by atoms with Crippen LogP contribution in [0.4, 0.5) is 5.69 Å². The number of amides is 2. The normalized spacial score (nSPS) is 14.8. The van der Waals surface area contributed by atoms with E-state index in [4.69, 9.17) is 4.74 Å². The SMILES string of the molecule is Cc1cc(C)cc(NC(=O)Cc2ccc(OC3(C(=O)N[C@@H](Cc4ccc(O)cc4)C(=O)O)CCCC3)cc2)c1. The van der Waals surface area contributed by atoms with Crippen molar-refractivity contribution < 1.29 is 29.3 Å². The lowest BCUT2D eigenvalue weighted by atomic mass is 9.98. The van der Waals surface area contributed by atoms with Crippen LogP contribution in [0.3, 0.4) is 0 Å². The molecule has 1 fully saturated rings. The second-order valence-corrected chi connectivity index (χ2v) is 10.3. The van der Waals surface area contributed by atoms with Gasteiger partial charge in [-0.05, 0) is 98.2 Å². The second-order valence-electron chi connectivity index (χ2n) is 10.3. The number of carbonyl (C=O) groups excluding carboxylic acids is 2. The van der Waals surface area contributed by atoms with Gasteiger partial charge < -0.3 is 25.6 Å². The number of carboxylic acids is 1. The van der Waals surface area contributed by atoms with Crippen molar-refractivity contribution in [1.29, 1.82) is 0 Å². The fourth-order valence-electron chi connectivity index (χ4n) is 5.02. The number of ether oxygens (including phenoxy) is 1. The number of carbonyl (C=O) groups is 3. The van der Waals surface area contributed by atoms with Crippen LogP contribution in [0.15, 0.2) is 66.7 Å². The maximum atomic E-state index is 13.4. The zero-order chi connectivity index (χ0) is 28.0. The number of aliphatic carboxylic acids is 1. The summed E-state index contributed by atoms with van der Waals surface area (Å²) in [5.41, 5.74) is 3.23. The summed E-state index contributed by atoms with van der Waals surface area (Å²) < 4.78 is 6.21. The molecule has 8 heteroatoms. The third kappa shape index (κ3) is 7.37. The van der Waals surface area contributed by atoms with Gasteiger partial charge in [0, 0.05) is 12.1 Å². The van der Waals surface area contributed by atoms with Gasteiger partial charge in [0.15, 0.2) is 5.60 Å². The van der Waals surface area contributed by atoms with Gasteiger partial charge in [0.05, 0.1) is 6.42 Å². The van der Waals surface area contributed by atoms with Crippen LogP contribution < -0.4 is 15.4 Å². The van der Waals surface area contributed by atoms with E-state index in [0.29, 0.717) is 24.2 Å². The maximum Gasteiger partial charge on any atom is 0.326 e. The van der Waals surface area contributed by atoms with Crippen molar-refractivity contribution in [2.75, 3.05) is 5.32 Å². The van der Waals surface area contributed by atoms with Crippen LogP contribution in [0.2, 0.25) is 0 Å². The first kappa shape index (κ1) is 27.7. The predicted octanol–water partition coefficient (Wildman–Crippen LogP) is 4.69. The molecule has 0 radical (unpaired) electrons. The predicted molar refractivity (Wildman–Crippen MR) is 148 cm³/mol. The van der Waals surface area contributed by atoms with E-state index >= 15 is 0 Å². The first-order valence-electron chi connectivity index (χ1n) is 13.1. The van der Waals surface area contributed by atoms with E-state index in [1.165, 1.54) is 12.1 Å². The first-order valence-corrected chi connectivity index (χ1v) is 13.1. The van der Waals surface area contributed by atoms with Crippen molar-refractivity contribution in [3.63, 3.8) is 0 Å². The molecule has 39 heavy (non-hydrogen) atoms.